The Hall–Kier alpha value is 0.200. The molecule has 0 amide bonds. The lowest BCUT2D eigenvalue weighted by molar-refractivity contribution is 3.02. The molecular formula is C2HClS. The number of rotatable bonds is 0. The SMILES string of the molecule is SC#CCl. The van der Waals surface area contributed by atoms with Crippen LogP contribution in [0.25, 0.3) is 0 Å². The van der Waals surface area contributed by atoms with Crippen LogP contribution in [0.3, 0.4) is 0 Å². The average molecular weight is 92.5 g/mol. The number of hydrogen-bond acceptors (Lipinski definition) is 1. The number of hydrogen-bond donors (Lipinski definition) is 1. The van der Waals surface area contributed by atoms with Gasteiger partial charge in [0.05, 0.1) is 0 Å². The molecule has 0 atom stereocenters. The molecule has 0 aromatic rings. The Balaban J connectivity index is 2.83. The zero-order valence-electron chi connectivity index (χ0n) is 1.83. The van der Waals surface area contributed by atoms with Crippen molar-refractivity contribution in [1.82, 2.24) is 0 Å². The lowest BCUT2D eigenvalue weighted by atomic mass is 11.4. The fourth-order valence-electron chi connectivity index (χ4n) is 0. The van der Waals surface area contributed by atoms with Crippen LogP contribution < -0.4 is 0 Å². The number of halogens is 1. The van der Waals surface area contributed by atoms with Gasteiger partial charge in [-0.1, -0.05) is 12.6 Å². The molecule has 0 saturated heterocycles. The topological polar surface area (TPSA) is 0 Å². The summed E-state index contributed by atoms with van der Waals surface area (Å²) in [5.74, 6) is 0. The van der Waals surface area contributed by atoms with Gasteiger partial charge in [-0.3, -0.25) is 0 Å². The van der Waals surface area contributed by atoms with E-state index >= 15 is 0 Å². The summed E-state index contributed by atoms with van der Waals surface area (Å²) in [6.07, 6.45) is 0. The highest BCUT2D eigenvalue weighted by molar-refractivity contribution is 7.85. The second-order valence-corrected chi connectivity index (χ2v) is 0.619. The highest BCUT2D eigenvalue weighted by Gasteiger charge is 1.31. The predicted molar refractivity (Wildman–Crippen MR) is 22.6 cm³/mol. The molecule has 0 aliphatic heterocycles. The molecule has 0 unspecified atom stereocenters. The Labute approximate surface area is 35.6 Å². The van der Waals surface area contributed by atoms with Crippen LogP contribution in [0.4, 0.5) is 0 Å². The van der Waals surface area contributed by atoms with Gasteiger partial charge in [-0.2, -0.15) is 0 Å². The van der Waals surface area contributed by atoms with E-state index < -0.39 is 0 Å². The van der Waals surface area contributed by atoms with Crippen molar-refractivity contribution in [3.05, 3.63) is 0 Å². The van der Waals surface area contributed by atoms with E-state index in [0.717, 1.165) is 0 Å². The fourth-order valence-corrected chi connectivity index (χ4v) is 0. The lowest BCUT2D eigenvalue weighted by Crippen LogP contribution is -1.13. The van der Waals surface area contributed by atoms with Gasteiger partial charge in [0, 0.05) is 5.38 Å². The third-order valence-electron chi connectivity index (χ3n) is 0.0423. The Morgan fingerprint density at radius 3 is 2.00 bits per heavy atom. The molecule has 0 aromatic carbocycles. The quantitative estimate of drug-likeness (QED) is 0.335. The van der Waals surface area contributed by atoms with E-state index in [1.54, 1.807) is 0 Å². The first-order chi connectivity index (χ1) is 1.91. The van der Waals surface area contributed by atoms with Crippen LogP contribution in [-0.4, -0.2) is 0 Å². The van der Waals surface area contributed by atoms with Gasteiger partial charge in [-0.05, 0) is 16.9 Å². The Morgan fingerprint density at radius 1 is 1.75 bits per heavy atom. The van der Waals surface area contributed by atoms with Gasteiger partial charge in [0.15, 0.2) is 0 Å². The highest BCUT2D eigenvalue weighted by Crippen LogP contribution is 1.63. The molecular weight excluding hydrogens is 91.5 g/mol. The van der Waals surface area contributed by atoms with Crippen molar-refractivity contribution in [3.63, 3.8) is 0 Å². The van der Waals surface area contributed by atoms with Crippen LogP contribution in [0.1, 0.15) is 0 Å². The van der Waals surface area contributed by atoms with E-state index in [9.17, 15) is 0 Å². The zero-order chi connectivity index (χ0) is 3.41. The van der Waals surface area contributed by atoms with Gasteiger partial charge in [0.25, 0.3) is 0 Å². The van der Waals surface area contributed by atoms with Crippen molar-refractivity contribution < 1.29 is 0 Å². The fraction of sp³-hybridized carbons (Fsp3) is 0. The van der Waals surface area contributed by atoms with Gasteiger partial charge in [0.2, 0.25) is 0 Å². The molecule has 0 aromatic heterocycles. The van der Waals surface area contributed by atoms with Gasteiger partial charge < -0.3 is 0 Å². The summed E-state index contributed by atoms with van der Waals surface area (Å²) >= 11 is 8.18. The van der Waals surface area contributed by atoms with E-state index in [0.29, 0.717) is 0 Å². The van der Waals surface area contributed by atoms with Crippen molar-refractivity contribution in [2.45, 2.75) is 0 Å². The smallest absolute Gasteiger partial charge is 0.0159 e. The third-order valence-corrected chi connectivity index (χ3v) is 0.380. The average Bonchev–Trinajstić information content (AvgIpc) is 1.37. The van der Waals surface area contributed by atoms with Crippen molar-refractivity contribution in [3.8, 4) is 10.6 Å². The normalized spacial score (nSPS) is 3.50. The molecule has 0 aliphatic carbocycles. The highest BCUT2D eigenvalue weighted by atomic mass is 35.5. The molecule has 0 heterocycles. The van der Waals surface area contributed by atoms with Crippen LogP contribution >= 0.6 is 24.2 Å². The third kappa shape index (κ3) is 2.20. The molecule has 0 spiro atoms. The Kier molecular flexibility index (Phi) is 3.36. The zero-order valence-corrected chi connectivity index (χ0v) is 3.48. The first kappa shape index (κ1) is 4.20. The maximum Gasteiger partial charge on any atom is 0.0159 e. The monoisotopic (exact) mass is 91.9 g/mol. The first-order valence-electron chi connectivity index (χ1n) is 0.663. The Morgan fingerprint density at radius 2 is 2.00 bits per heavy atom. The summed E-state index contributed by atoms with van der Waals surface area (Å²) in [5, 5.41) is 4.16. The van der Waals surface area contributed by atoms with E-state index in [1.165, 1.54) is 0 Å². The second-order valence-electron chi connectivity index (χ2n) is 0.206. The molecule has 4 heavy (non-hydrogen) atoms. The van der Waals surface area contributed by atoms with Crippen LogP contribution in [-0.2, 0) is 0 Å². The minimum atomic E-state index is 2.02. The minimum absolute atomic E-state index is 2.02. The second kappa shape index (κ2) is 3.20. The van der Waals surface area contributed by atoms with Crippen LogP contribution in [0.2, 0.25) is 0 Å². The summed E-state index contributed by atoms with van der Waals surface area (Å²) in [5.41, 5.74) is 0. The summed E-state index contributed by atoms with van der Waals surface area (Å²) in [6.45, 7) is 0. The van der Waals surface area contributed by atoms with Crippen LogP contribution in [0, 0.1) is 10.6 Å². The van der Waals surface area contributed by atoms with Gasteiger partial charge >= 0.3 is 0 Å². The molecule has 22 valence electrons. The molecule has 0 rings (SSSR count). The van der Waals surface area contributed by atoms with Gasteiger partial charge in [-0.25, -0.2) is 0 Å². The summed E-state index contributed by atoms with van der Waals surface area (Å²) in [6, 6.07) is 0. The number of thiol groups is 1. The predicted octanol–water partition coefficient (Wildman–Crippen LogP) is 1.07. The molecule has 0 aliphatic rings. The molecule has 2 heteroatoms. The first-order valence-corrected chi connectivity index (χ1v) is 1.49. The van der Waals surface area contributed by atoms with E-state index in [-0.39, 0.29) is 0 Å². The molecule has 0 saturated carbocycles. The minimum Gasteiger partial charge on any atom is -0.0909 e. The molecule has 0 bridgehead atoms. The molecule has 0 fully saturated rings. The van der Waals surface area contributed by atoms with Crippen LogP contribution in [0.15, 0.2) is 0 Å². The Bertz CT molecular complexity index is 42.8. The largest absolute Gasteiger partial charge is 0.0909 e. The molecule has 0 nitrogen and oxygen atoms in total. The van der Waals surface area contributed by atoms with Crippen LogP contribution in [0.5, 0.6) is 0 Å². The van der Waals surface area contributed by atoms with Gasteiger partial charge in [-0.15, -0.1) is 0 Å². The molecule has 0 N–H and O–H groups in total. The summed E-state index contributed by atoms with van der Waals surface area (Å²) < 4.78 is 0. The van der Waals surface area contributed by atoms with Crippen molar-refractivity contribution in [1.29, 1.82) is 0 Å². The van der Waals surface area contributed by atoms with Gasteiger partial charge in [0.1, 0.15) is 0 Å². The van der Waals surface area contributed by atoms with Crippen molar-refractivity contribution in [2.24, 2.45) is 0 Å². The van der Waals surface area contributed by atoms with E-state index in [4.69, 9.17) is 11.6 Å². The standard InChI is InChI=1S/C2HClS/c3-1-2-4/h4H. The van der Waals surface area contributed by atoms with Crippen molar-refractivity contribution in [2.75, 3.05) is 0 Å². The summed E-state index contributed by atoms with van der Waals surface area (Å²) in [7, 11) is 0. The lowest BCUT2D eigenvalue weighted by Gasteiger charge is -1.35. The maximum absolute atomic E-state index is 4.75. The molecule has 0 radical (unpaired) electrons. The maximum atomic E-state index is 4.75. The van der Waals surface area contributed by atoms with E-state index in [1.807, 2.05) is 5.38 Å². The summed E-state index contributed by atoms with van der Waals surface area (Å²) in [4.78, 5) is 0. The van der Waals surface area contributed by atoms with E-state index in [2.05, 4.69) is 17.9 Å². The van der Waals surface area contributed by atoms with Crippen molar-refractivity contribution >= 4 is 24.2 Å².